The van der Waals surface area contributed by atoms with Crippen LogP contribution >= 0.6 is 0 Å². The van der Waals surface area contributed by atoms with Gasteiger partial charge in [0.1, 0.15) is 27.7 Å². The Morgan fingerprint density at radius 2 is 1.73 bits per heavy atom. The Bertz CT molecular complexity index is 1530. The van der Waals surface area contributed by atoms with Crippen LogP contribution in [0, 0.1) is 20.8 Å². The van der Waals surface area contributed by atoms with E-state index < -0.39 is 22.5 Å². The maximum Gasteiger partial charge on any atom is 0.339 e. The number of aryl methyl sites for hydroxylation is 3. The molecule has 0 amide bonds. The van der Waals surface area contributed by atoms with Gasteiger partial charge >= 0.3 is 10.1 Å². The van der Waals surface area contributed by atoms with E-state index >= 15 is 0 Å². The van der Waals surface area contributed by atoms with E-state index in [4.69, 9.17) is 18.4 Å². The third-order valence-corrected chi connectivity index (χ3v) is 8.50. The summed E-state index contributed by atoms with van der Waals surface area (Å²) in [7, 11) is -4.28. The van der Waals surface area contributed by atoms with Crippen LogP contribution in [0.25, 0.3) is 0 Å². The molecule has 3 aromatic rings. The molecule has 1 aliphatic rings. The number of benzene rings is 3. The number of rotatable bonds is 11. The van der Waals surface area contributed by atoms with Crippen molar-refractivity contribution in [2.24, 2.45) is 0 Å². The van der Waals surface area contributed by atoms with Gasteiger partial charge in [-0.25, -0.2) is 0 Å². The van der Waals surface area contributed by atoms with Gasteiger partial charge in [-0.2, -0.15) is 8.42 Å². The second kappa shape index (κ2) is 12.1. The zero-order valence-corrected chi connectivity index (χ0v) is 25.3. The molecule has 1 heterocycles. The van der Waals surface area contributed by atoms with Gasteiger partial charge in [-0.15, -0.1) is 0 Å². The van der Waals surface area contributed by atoms with Crippen LogP contribution in [0.15, 0.2) is 47.4 Å². The van der Waals surface area contributed by atoms with E-state index in [2.05, 4.69) is 0 Å². The molecule has 0 aromatic heterocycles. The number of fused-ring (bicyclic) bond motifs is 1. The highest BCUT2D eigenvalue weighted by Crippen LogP contribution is 2.41. The molecule has 1 N–H and O–H groups in total. The minimum atomic E-state index is -4.28. The van der Waals surface area contributed by atoms with E-state index in [9.17, 15) is 18.3 Å². The van der Waals surface area contributed by atoms with E-state index in [-0.39, 0.29) is 28.4 Å². The van der Waals surface area contributed by atoms with Crippen molar-refractivity contribution >= 4 is 15.9 Å². The van der Waals surface area contributed by atoms with Crippen molar-refractivity contribution in [3.05, 3.63) is 75.8 Å². The molecule has 0 unspecified atom stereocenters. The van der Waals surface area contributed by atoms with E-state index in [1.54, 1.807) is 44.2 Å². The third-order valence-electron chi connectivity index (χ3n) is 6.96. The van der Waals surface area contributed by atoms with Crippen molar-refractivity contribution in [1.82, 2.24) is 0 Å². The molecule has 0 bridgehead atoms. The van der Waals surface area contributed by atoms with Crippen LogP contribution in [0.3, 0.4) is 0 Å². The van der Waals surface area contributed by atoms with E-state index in [0.717, 1.165) is 24.0 Å². The summed E-state index contributed by atoms with van der Waals surface area (Å²) in [5, 5.41) is 9.94. The van der Waals surface area contributed by atoms with Gasteiger partial charge in [0.2, 0.25) is 5.78 Å². The summed E-state index contributed by atoms with van der Waals surface area (Å²) in [6.45, 7) is 11.0. The summed E-state index contributed by atoms with van der Waals surface area (Å²) < 4.78 is 50.4. The van der Waals surface area contributed by atoms with Crippen LogP contribution in [0.4, 0.5) is 0 Å². The van der Waals surface area contributed by atoms with Crippen LogP contribution in [-0.4, -0.2) is 38.1 Å². The molecule has 1 aliphatic heterocycles. The fraction of sp³-hybridized carbons (Fsp3) is 0.406. The summed E-state index contributed by atoms with van der Waals surface area (Å²) in [6.07, 6.45) is 2.15. The molecule has 41 heavy (non-hydrogen) atoms. The maximum atomic E-state index is 13.5. The zero-order chi connectivity index (χ0) is 29.9. The molecule has 3 aromatic carbocycles. The first-order valence-electron chi connectivity index (χ1n) is 13.7. The first-order valence-corrected chi connectivity index (χ1v) is 15.2. The largest absolute Gasteiger partial charge is 0.493 e. The van der Waals surface area contributed by atoms with Gasteiger partial charge in [0.25, 0.3) is 0 Å². The summed E-state index contributed by atoms with van der Waals surface area (Å²) in [6, 6.07) is 11.6. The molecule has 0 saturated carbocycles. The number of ether oxygens (including phenoxy) is 3. The normalized spacial score (nSPS) is 14.1. The number of carbonyl (C=O) groups excluding carboxylic acids is 1. The molecule has 0 fully saturated rings. The summed E-state index contributed by atoms with van der Waals surface area (Å²) >= 11 is 0. The Morgan fingerprint density at radius 1 is 1.02 bits per heavy atom. The highest BCUT2D eigenvalue weighted by Gasteiger charge is 2.30. The first-order chi connectivity index (χ1) is 19.3. The number of hydrogen-bond acceptors (Lipinski definition) is 8. The van der Waals surface area contributed by atoms with Gasteiger partial charge in [-0.1, -0.05) is 24.6 Å². The molecular formula is C32H38O8S. The fourth-order valence-electron chi connectivity index (χ4n) is 5.12. The van der Waals surface area contributed by atoms with Crippen molar-refractivity contribution < 1.29 is 36.7 Å². The predicted molar refractivity (Wildman–Crippen MR) is 156 cm³/mol. The predicted octanol–water partition coefficient (Wildman–Crippen LogP) is 6.03. The van der Waals surface area contributed by atoms with Crippen molar-refractivity contribution in [2.45, 2.75) is 77.9 Å². The number of aliphatic hydroxyl groups is 1. The monoisotopic (exact) mass is 582 g/mol. The molecule has 0 atom stereocenters. The topological polar surface area (TPSA) is 108 Å². The minimum Gasteiger partial charge on any atom is -0.493 e. The lowest BCUT2D eigenvalue weighted by atomic mass is 9.92. The van der Waals surface area contributed by atoms with E-state index in [0.29, 0.717) is 47.0 Å². The number of Topliss-reactive ketones (excluding diaryl/α,β-unsaturated/α-hetero) is 1. The van der Waals surface area contributed by atoms with E-state index in [1.165, 1.54) is 12.1 Å². The molecule has 0 spiro atoms. The van der Waals surface area contributed by atoms with Crippen molar-refractivity contribution in [3.63, 3.8) is 0 Å². The number of ketones is 1. The molecular weight excluding hydrogens is 544 g/mol. The van der Waals surface area contributed by atoms with Gasteiger partial charge in [-0.3, -0.25) is 4.79 Å². The van der Waals surface area contributed by atoms with Gasteiger partial charge in [-0.05, 0) is 89.3 Å². The maximum absolute atomic E-state index is 13.5. The average Bonchev–Trinajstić information content (AvgIpc) is 2.88. The number of hydrogen-bond donors (Lipinski definition) is 1. The second-order valence-corrected chi connectivity index (χ2v) is 12.5. The Balaban J connectivity index is 1.66. The van der Waals surface area contributed by atoms with Gasteiger partial charge in [0.05, 0.1) is 18.8 Å². The van der Waals surface area contributed by atoms with Crippen molar-refractivity contribution in [1.29, 1.82) is 0 Å². The van der Waals surface area contributed by atoms with E-state index in [1.807, 2.05) is 27.7 Å². The molecule has 0 radical (unpaired) electrons. The fourth-order valence-corrected chi connectivity index (χ4v) is 6.48. The first kappa shape index (κ1) is 30.4. The second-order valence-electron chi connectivity index (χ2n) is 11.0. The molecule has 0 saturated heterocycles. The van der Waals surface area contributed by atoms with Crippen LogP contribution in [0.1, 0.15) is 71.8 Å². The Labute approximate surface area is 242 Å². The Morgan fingerprint density at radius 3 is 2.39 bits per heavy atom. The summed E-state index contributed by atoms with van der Waals surface area (Å²) in [5.74, 6) is 0.795. The molecule has 0 aliphatic carbocycles. The molecule has 4 rings (SSSR count). The minimum absolute atomic E-state index is 0.0348. The number of aliphatic hydroxyl groups excluding tert-OH is 1. The standard InChI is InChI=1S/C32H38O8S/c1-7-14-37-24-9-10-25(29(17-24)40-41(35,36)31-21(3)15-20(2)16-22(31)4)27(34)19-38-30-23(18-33)8-11-28-26(30)12-13-32(5,6)39-28/h8-11,15-17,33H,7,12-14,18-19H2,1-6H3. The van der Waals surface area contributed by atoms with Gasteiger partial charge < -0.3 is 23.5 Å². The van der Waals surface area contributed by atoms with Crippen molar-refractivity contribution in [3.8, 4) is 23.0 Å². The SMILES string of the molecule is CCCOc1ccc(C(=O)COc2c(CO)ccc3c2CCC(C)(C)O3)c(OS(=O)(=O)c2c(C)cc(C)cc2C)c1. The van der Waals surface area contributed by atoms with Crippen LogP contribution in [0.2, 0.25) is 0 Å². The lowest BCUT2D eigenvalue weighted by Gasteiger charge is -2.33. The molecule has 220 valence electrons. The number of carbonyl (C=O) groups is 1. The highest BCUT2D eigenvalue weighted by molar-refractivity contribution is 7.87. The molecule has 8 nitrogen and oxygen atoms in total. The third kappa shape index (κ3) is 6.85. The summed E-state index contributed by atoms with van der Waals surface area (Å²) in [5.41, 5.74) is 3.05. The van der Waals surface area contributed by atoms with Crippen LogP contribution in [0.5, 0.6) is 23.0 Å². The zero-order valence-electron chi connectivity index (χ0n) is 24.5. The van der Waals surface area contributed by atoms with Crippen molar-refractivity contribution in [2.75, 3.05) is 13.2 Å². The van der Waals surface area contributed by atoms with Gasteiger partial charge in [0.15, 0.2) is 12.4 Å². The molecule has 9 heteroatoms. The lowest BCUT2D eigenvalue weighted by Crippen LogP contribution is -2.33. The Kier molecular flexibility index (Phi) is 8.99. The summed E-state index contributed by atoms with van der Waals surface area (Å²) in [4.78, 5) is 13.6. The van der Waals surface area contributed by atoms with Crippen LogP contribution < -0.4 is 18.4 Å². The lowest BCUT2D eigenvalue weighted by molar-refractivity contribution is 0.0813. The highest BCUT2D eigenvalue weighted by atomic mass is 32.2. The smallest absolute Gasteiger partial charge is 0.339 e. The average molecular weight is 583 g/mol. The van der Waals surface area contributed by atoms with Crippen LogP contribution in [-0.2, 0) is 23.1 Å². The van der Waals surface area contributed by atoms with Gasteiger partial charge in [0, 0.05) is 17.2 Å². The Hall–Kier alpha value is -3.56. The quantitative estimate of drug-likeness (QED) is 0.216.